The molecule has 2 rings (SSSR count). The number of nitrogens with zero attached hydrogens (tertiary/aromatic N) is 2. The fourth-order valence-corrected chi connectivity index (χ4v) is 4.02. The van der Waals surface area contributed by atoms with Crippen LogP contribution in [-0.4, -0.2) is 42.6 Å². The summed E-state index contributed by atoms with van der Waals surface area (Å²) >= 11 is 0. The number of pyridine rings is 1. The van der Waals surface area contributed by atoms with E-state index in [1.54, 1.807) is 6.92 Å². The summed E-state index contributed by atoms with van der Waals surface area (Å²) in [5.74, 6) is -6.60. The Balaban J connectivity index is 2.06. The van der Waals surface area contributed by atoms with Crippen LogP contribution in [0.5, 0.6) is 0 Å². The Morgan fingerprint density at radius 1 is 1.13 bits per heavy atom. The number of anilines is 1. The fourth-order valence-electron chi connectivity index (χ4n) is 2.48. The van der Waals surface area contributed by atoms with Crippen molar-refractivity contribution in [1.29, 1.82) is 0 Å². The van der Waals surface area contributed by atoms with E-state index in [9.17, 15) is 26.0 Å². The van der Waals surface area contributed by atoms with Gasteiger partial charge in [0.1, 0.15) is 5.69 Å². The number of halogens is 4. The molecule has 1 aromatic rings. The SMILES string of the molecule is CCCS(=O)(=O)N1CCC(Nc2c(F)c(F)nc(F)c2F)CC1. The van der Waals surface area contributed by atoms with Crippen LogP contribution in [0.4, 0.5) is 23.2 Å². The molecule has 5 nitrogen and oxygen atoms in total. The van der Waals surface area contributed by atoms with Crippen LogP contribution in [0.25, 0.3) is 0 Å². The number of piperidine rings is 1. The number of rotatable bonds is 5. The van der Waals surface area contributed by atoms with E-state index in [-0.39, 0.29) is 31.7 Å². The van der Waals surface area contributed by atoms with Gasteiger partial charge in [0.05, 0.1) is 5.75 Å². The van der Waals surface area contributed by atoms with Crippen LogP contribution in [0.1, 0.15) is 26.2 Å². The maximum atomic E-state index is 13.6. The lowest BCUT2D eigenvalue weighted by atomic mass is 10.1. The third-order valence-corrected chi connectivity index (χ3v) is 5.73. The van der Waals surface area contributed by atoms with Gasteiger partial charge in [-0.2, -0.15) is 22.5 Å². The maximum Gasteiger partial charge on any atom is 0.253 e. The highest BCUT2D eigenvalue weighted by molar-refractivity contribution is 7.89. The van der Waals surface area contributed by atoms with Crippen LogP contribution < -0.4 is 5.32 Å². The summed E-state index contributed by atoms with van der Waals surface area (Å²) in [6.07, 6.45) is 1.03. The molecule has 0 saturated carbocycles. The lowest BCUT2D eigenvalue weighted by Gasteiger charge is -2.32. The molecule has 1 fully saturated rings. The van der Waals surface area contributed by atoms with Crippen molar-refractivity contribution < 1.29 is 26.0 Å². The second kappa shape index (κ2) is 7.00. The normalized spacial score (nSPS) is 17.4. The average Bonchev–Trinajstić information content (AvgIpc) is 2.50. The summed E-state index contributed by atoms with van der Waals surface area (Å²) in [6.45, 7) is 2.11. The van der Waals surface area contributed by atoms with Crippen molar-refractivity contribution in [2.24, 2.45) is 0 Å². The number of hydrogen-bond donors (Lipinski definition) is 1. The molecule has 0 unspecified atom stereocenters. The third kappa shape index (κ3) is 3.92. The van der Waals surface area contributed by atoms with E-state index < -0.39 is 45.3 Å². The molecule has 0 atom stereocenters. The second-order valence-corrected chi connectivity index (χ2v) is 7.42. The molecular formula is C13H17F4N3O2S. The standard InChI is InChI=1S/C13H17F4N3O2S/c1-2-7-23(21,22)20-5-3-8(4-6-20)18-11-9(14)12(16)19-13(17)10(11)15/h8H,2-7H2,1H3,(H,18,19). The molecule has 10 heteroatoms. The summed E-state index contributed by atoms with van der Waals surface area (Å²) < 4.78 is 78.4. The molecule has 0 spiro atoms. The van der Waals surface area contributed by atoms with Gasteiger partial charge in [0.2, 0.25) is 21.7 Å². The van der Waals surface area contributed by atoms with Crippen molar-refractivity contribution in [2.75, 3.05) is 24.2 Å². The molecule has 1 N–H and O–H groups in total. The van der Waals surface area contributed by atoms with Gasteiger partial charge in [-0.15, -0.1) is 0 Å². The third-order valence-electron chi connectivity index (χ3n) is 3.66. The van der Waals surface area contributed by atoms with E-state index in [0.717, 1.165) is 0 Å². The van der Waals surface area contributed by atoms with Crippen LogP contribution in [0, 0.1) is 23.5 Å². The Morgan fingerprint density at radius 2 is 1.65 bits per heavy atom. The Labute approximate surface area is 131 Å². The van der Waals surface area contributed by atoms with Crippen molar-refractivity contribution in [2.45, 2.75) is 32.2 Å². The van der Waals surface area contributed by atoms with Gasteiger partial charge in [-0.25, -0.2) is 12.7 Å². The second-order valence-electron chi connectivity index (χ2n) is 5.33. The van der Waals surface area contributed by atoms with Gasteiger partial charge in [0.15, 0.2) is 0 Å². The van der Waals surface area contributed by atoms with Crippen molar-refractivity contribution in [3.63, 3.8) is 0 Å². The maximum absolute atomic E-state index is 13.6. The van der Waals surface area contributed by atoms with Crippen LogP contribution >= 0.6 is 0 Å². The van der Waals surface area contributed by atoms with Crippen molar-refractivity contribution in [3.8, 4) is 0 Å². The lowest BCUT2D eigenvalue weighted by molar-refractivity contribution is 0.327. The summed E-state index contributed by atoms with van der Waals surface area (Å²) in [6, 6.07) is -0.492. The zero-order valence-electron chi connectivity index (χ0n) is 12.5. The van der Waals surface area contributed by atoms with Gasteiger partial charge in [0.25, 0.3) is 11.9 Å². The number of sulfonamides is 1. The predicted octanol–water partition coefficient (Wildman–Crippen LogP) is 2.25. The molecule has 1 aliphatic rings. The van der Waals surface area contributed by atoms with Crippen LogP contribution in [0.2, 0.25) is 0 Å². The summed E-state index contributed by atoms with van der Waals surface area (Å²) in [7, 11) is -3.33. The van der Waals surface area contributed by atoms with Crippen LogP contribution in [0.15, 0.2) is 0 Å². The molecular weight excluding hydrogens is 338 g/mol. The first-order valence-corrected chi connectivity index (χ1v) is 8.81. The zero-order chi connectivity index (χ0) is 17.2. The smallest absolute Gasteiger partial charge is 0.253 e. The fraction of sp³-hybridized carbons (Fsp3) is 0.615. The Morgan fingerprint density at radius 3 is 2.13 bits per heavy atom. The molecule has 1 aliphatic heterocycles. The topological polar surface area (TPSA) is 62.3 Å². The van der Waals surface area contributed by atoms with E-state index in [1.807, 2.05) is 0 Å². The van der Waals surface area contributed by atoms with Gasteiger partial charge in [-0.05, 0) is 19.3 Å². The summed E-state index contributed by atoms with van der Waals surface area (Å²) in [5.41, 5.74) is -0.912. The quantitative estimate of drug-likeness (QED) is 0.650. The number of nitrogens with one attached hydrogen (secondary N) is 1. The first-order valence-electron chi connectivity index (χ1n) is 7.20. The first-order chi connectivity index (χ1) is 10.8. The van der Waals surface area contributed by atoms with E-state index in [0.29, 0.717) is 6.42 Å². The highest BCUT2D eigenvalue weighted by atomic mass is 32.2. The van der Waals surface area contributed by atoms with E-state index >= 15 is 0 Å². The molecule has 1 saturated heterocycles. The Hall–Kier alpha value is -1.42. The van der Waals surface area contributed by atoms with Gasteiger partial charge >= 0.3 is 0 Å². The molecule has 0 bridgehead atoms. The minimum absolute atomic E-state index is 0.0368. The minimum Gasteiger partial charge on any atom is -0.377 e. The number of aromatic nitrogens is 1. The van der Waals surface area contributed by atoms with Crippen molar-refractivity contribution in [1.82, 2.24) is 9.29 Å². The van der Waals surface area contributed by atoms with Gasteiger partial charge in [0, 0.05) is 19.1 Å². The monoisotopic (exact) mass is 355 g/mol. The molecule has 1 aromatic heterocycles. The highest BCUT2D eigenvalue weighted by Crippen LogP contribution is 2.25. The van der Waals surface area contributed by atoms with E-state index in [1.165, 1.54) is 4.31 Å². The summed E-state index contributed by atoms with van der Waals surface area (Å²) in [5, 5.41) is 2.41. The molecule has 130 valence electrons. The van der Waals surface area contributed by atoms with Crippen molar-refractivity contribution in [3.05, 3.63) is 23.5 Å². The van der Waals surface area contributed by atoms with Gasteiger partial charge < -0.3 is 5.32 Å². The molecule has 2 heterocycles. The molecule has 23 heavy (non-hydrogen) atoms. The first kappa shape index (κ1) is 17.9. The van der Waals surface area contributed by atoms with Crippen LogP contribution in [-0.2, 0) is 10.0 Å². The number of hydrogen-bond acceptors (Lipinski definition) is 4. The molecule has 0 aliphatic carbocycles. The largest absolute Gasteiger partial charge is 0.377 e. The lowest BCUT2D eigenvalue weighted by Crippen LogP contribution is -2.43. The minimum atomic E-state index is -3.33. The van der Waals surface area contributed by atoms with Gasteiger partial charge in [-0.3, -0.25) is 0 Å². The molecule has 0 radical (unpaired) electrons. The highest BCUT2D eigenvalue weighted by Gasteiger charge is 2.29. The predicted molar refractivity (Wildman–Crippen MR) is 76.4 cm³/mol. The van der Waals surface area contributed by atoms with Crippen molar-refractivity contribution >= 4 is 15.7 Å². The summed E-state index contributed by atoms with van der Waals surface area (Å²) in [4.78, 5) is 2.48. The van der Waals surface area contributed by atoms with Crippen LogP contribution in [0.3, 0.4) is 0 Å². The molecule has 0 amide bonds. The Bertz CT molecular complexity index is 650. The molecule has 0 aromatic carbocycles. The van der Waals surface area contributed by atoms with Gasteiger partial charge in [-0.1, -0.05) is 6.92 Å². The van der Waals surface area contributed by atoms with E-state index in [2.05, 4.69) is 10.3 Å². The zero-order valence-corrected chi connectivity index (χ0v) is 13.3. The average molecular weight is 355 g/mol. The van der Waals surface area contributed by atoms with E-state index in [4.69, 9.17) is 0 Å². The Kier molecular flexibility index (Phi) is 5.45.